The van der Waals surface area contributed by atoms with Gasteiger partial charge in [0, 0.05) is 0 Å². The Morgan fingerprint density at radius 2 is 1.23 bits per heavy atom. The summed E-state index contributed by atoms with van der Waals surface area (Å²) in [7, 11) is 0. The second kappa shape index (κ2) is 17.4. The van der Waals surface area contributed by atoms with E-state index in [9.17, 15) is 9.59 Å². The first-order valence-corrected chi connectivity index (χ1v) is 15.2. The molecule has 0 aromatic heterocycles. The van der Waals surface area contributed by atoms with Crippen LogP contribution in [0.15, 0.2) is 60.7 Å². The molecule has 5 nitrogen and oxygen atoms in total. The van der Waals surface area contributed by atoms with E-state index >= 15 is 0 Å². The quantitative estimate of drug-likeness (QED) is 0.0903. The first kappa shape index (κ1) is 31.2. The molecule has 1 atom stereocenters. The van der Waals surface area contributed by atoms with Crippen LogP contribution in [0, 0.1) is 5.92 Å². The Morgan fingerprint density at radius 1 is 0.650 bits per heavy atom. The number of benzene rings is 3. The van der Waals surface area contributed by atoms with Crippen molar-refractivity contribution in [1.29, 1.82) is 0 Å². The summed E-state index contributed by atoms with van der Waals surface area (Å²) >= 11 is 0. The lowest BCUT2D eigenvalue weighted by atomic mass is 10.1. The molecule has 0 spiro atoms. The van der Waals surface area contributed by atoms with Gasteiger partial charge in [0.15, 0.2) is 0 Å². The van der Waals surface area contributed by atoms with Gasteiger partial charge in [-0.3, -0.25) is 0 Å². The van der Waals surface area contributed by atoms with Crippen molar-refractivity contribution in [1.82, 2.24) is 0 Å². The number of hydrogen-bond donors (Lipinski definition) is 0. The second-order valence-electron chi connectivity index (χ2n) is 10.8. The highest BCUT2D eigenvalue weighted by Crippen LogP contribution is 2.24. The molecule has 5 heteroatoms. The van der Waals surface area contributed by atoms with Crippen LogP contribution in [0.2, 0.25) is 0 Å². The molecule has 0 aliphatic rings. The van der Waals surface area contributed by atoms with Crippen molar-refractivity contribution in [3.8, 4) is 11.5 Å². The van der Waals surface area contributed by atoms with Crippen LogP contribution < -0.4 is 9.47 Å². The van der Waals surface area contributed by atoms with Crippen molar-refractivity contribution in [2.45, 2.75) is 91.4 Å². The number of esters is 2. The van der Waals surface area contributed by atoms with Gasteiger partial charge in [0.1, 0.15) is 11.5 Å². The Labute approximate surface area is 240 Å². The van der Waals surface area contributed by atoms with Crippen molar-refractivity contribution < 1.29 is 23.8 Å². The van der Waals surface area contributed by atoms with Gasteiger partial charge >= 0.3 is 11.9 Å². The normalized spacial score (nSPS) is 11.8. The number of carbonyl (C=O) groups excluding carboxylic acids is 2. The maximum absolute atomic E-state index is 12.7. The largest absolute Gasteiger partial charge is 0.494 e. The zero-order valence-electron chi connectivity index (χ0n) is 24.6. The van der Waals surface area contributed by atoms with Crippen LogP contribution in [-0.2, 0) is 4.74 Å². The zero-order chi connectivity index (χ0) is 28.6. The number of hydrogen-bond acceptors (Lipinski definition) is 5. The lowest BCUT2D eigenvalue weighted by Crippen LogP contribution is -2.12. The molecule has 0 N–H and O–H groups in total. The smallest absolute Gasteiger partial charge is 0.343 e. The van der Waals surface area contributed by atoms with Crippen molar-refractivity contribution in [2.75, 3.05) is 13.2 Å². The molecule has 0 bridgehead atoms. The van der Waals surface area contributed by atoms with E-state index in [4.69, 9.17) is 14.2 Å². The van der Waals surface area contributed by atoms with Crippen LogP contribution in [-0.4, -0.2) is 25.2 Å². The van der Waals surface area contributed by atoms with Gasteiger partial charge in [-0.25, -0.2) is 9.59 Å². The SMILES string of the molecule is CCCCCCCCCCCCOc1ccc2cc(C(=O)Oc3ccc(C(=O)OC[C@@H](C)CC)cc3)ccc2c1. The molecule has 3 aromatic carbocycles. The van der Waals surface area contributed by atoms with E-state index in [1.807, 2.05) is 37.3 Å². The Kier molecular flexibility index (Phi) is 13.5. The molecule has 0 fully saturated rings. The summed E-state index contributed by atoms with van der Waals surface area (Å²) in [5.74, 6) is 0.718. The molecular weight excluding hydrogens is 500 g/mol. The van der Waals surface area contributed by atoms with Crippen molar-refractivity contribution in [2.24, 2.45) is 5.92 Å². The number of ether oxygens (including phenoxy) is 3. The van der Waals surface area contributed by atoms with Crippen LogP contribution in [0.5, 0.6) is 11.5 Å². The molecule has 40 heavy (non-hydrogen) atoms. The fraction of sp³-hybridized carbons (Fsp3) is 0.486. The molecule has 0 aliphatic heterocycles. The minimum absolute atomic E-state index is 0.319. The third-order valence-electron chi connectivity index (χ3n) is 7.31. The van der Waals surface area contributed by atoms with Crippen molar-refractivity contribution >= 4 is 22.7 Å². The highest BCUT2D eigenvalue weighted by Gasteiger charge is 2.13. The van der Waals surface area contributed by atoms with Gasteiger partial charge in [0.25, 0.3) is 0 Å². The lowest BCUT2D eigenvalue weighted by Gasteiger charge is -2.10. The molecule has 0 aliphatic carbocycles. The monoisotopic (exact) mass is 546 g/mol. The summed E-state index contributed by atoms with van der Waals surface area (Å²) in [4.78, 5) is 24.9. The second-order valence-corrected chi connectivity index (χ2v) is 10.8. The first-order valence-electron chi connectivity index (χ1n) is 15.2. The Balaban J connectivity index is 1.41. The van der Waals surface area contributed by atoms with Gasteiger partial charge < -0.3 is 14.2 Å². The summed E-state index contributed by atoms with van der Waals surface area (Å²) in [5.41, 5.74) is 0.892. The molecular formula is C35H46O5. The highest BCUT2D eigenvalue weighted by molar-refractivity contribution is 5.97. The predicted octanol–water partition coefficient (Wildman–Crippen LogP) is 9.56. The number of carbonyl (C=O) groups is 2. The van der Waals surface area contributed by atoms with Gasteiger partial charge in [-0.05, 0) is 71.6 Å². The standard InChI is InChI=1S/C35H46O5/c1-4-6-7-8-9-10-11-12-13-14-23-38-33-22-19-29-24-31(16-15-30(29)25-33)35(37)40-32-20-17-28(18-21-32)34(36)39-26-27(3)5-2/h15-22,24-25,27H,4-14,23,26H2,1-3H3/t27-/m0/s1. The van der Waals surface area contributed by atoms with E-state index in [2.05, 4.69) is 13.8 Å². The van der Waals surface area contributed by atoms with Gasteiger partial charge in [-0.1, -0.05) is 97.1 Å². The van der Waals surface area contributed by atoms with Gasteiger partial charge in [0.2, 0.25) is 0 Å². The highest BCUT2D eigenvalue weighted by atomic mass is 16.5. The van der Waals surface area contributed by atoms with Crippen LogP contribution in [0.4, 0.5) is 0 Å². The lowest BCUT2D eigenvalue weighted by molar-refractivity contribution is 0.0447. The minimum Gasteiger partial charge on any atom is -0.494 e. The van der Waals surface area contributed by atoms with Crippen LogP contribution in [0.25, 0.3) is 10.8 Å². The molecule has 216 valence electrons. The van der Waals surface area contributed by atoms with E-state index in [0.29, 0.717) is 29.4 Å². The first-order chi connectivity index (χ1) is 19.5. The fourth-order valence-electron chi connectivity index (χ4n) is 4.46. The Morgan fingerprint density at radius 3 is 1.90 bits per heavy atom. The molecule has 0 radical (unpaired) electrons. The van der Waals surface area contributed by atoms with E-state index in [0.717, 1.165) is 36.0 Å². The molecule has 0 saturated heterocycles. The molecule has 0 unspecified atom stereocenters. The topological polar surface area (TPSA) is 61.8 Å². The summed E-state index contributed by atoms with van der Waals surface area (Å²) in [6, 6.07) is 17.9. The van der Waals surface area contributed by atoms with Crippen LogP contribution in [0.3, 0.4) is 0 Å². The maximum atomic E-state index is 12.7. The van der Waals surface area contributed by atoms with Crippen LogP contribution in [0.1, 0.15) is 112 Å². The van der Waals surface area contributed by atoms with Crippen molar-refractivity contribution in [3.05, 3.63) is 71.8 Å². The number of unbranched alkanes of at least 4 members (excludes halogenated alkanes) is 9. The summed E-state index contributed by atoms with van der Waals surface area (Å²) < 4.78 is 16.8. The van der Waals surface area contributed by atoms with Crippen molar-refractivity contribution in [3.63, 3.8) is 0 Å². The summed E-state index contributed by atoms with van der Waals surface area (Å²) in [5, 5.41) is 1.96. The minimum atomic E-state index is -0.449. The summed E-state index contributed by atoms with van der Waals surface area (Å²) in [6.45, 7) is 7.47. The molecule has 0 heterocycles. The van der Waals surface area contributed by atoms with Crippen LogP contribution >= 0.6 is 0 Å². The molecule has 0 amide bonds. The number of fused-ring (bicyclic) bond motifs is 1. The van der Waals surface area contributed by atoms with E-state index in [1.165, 1.54) is 57.8 Å². The van der Waals surface area contributed by atoms with E-state index < -0.39 is 5.97 Å². The van der Waals surface area contributed by atoms with Gasteiger partial charge in [-0.2, -0.15) is 0 Å². The average Bonchev–Trinajstić information content (AvgIpc) is 2.98. The third-order valence-corrected chi connectivity index (χ3v) is 7.31. The Hall–Kier alpha value is -3.34. The zero-order valence-corrected chi connectivity index (χ0v) is 24.6. The molecule has 3 rings (SSSR count). The van der Waals surface area contributed by atoms with Gasteiger partial charge in [-0.15, -0.1) is 0 Å². The third kappa shape index (κ3) is 10.7. The fourth-order valence-corrected chi connectivity index (χ4v) is 4.46. The average molecular weight is 547 g/mol. The van der Waals surface area contributed by atoms with E-state index in [-0.39, 0.29) is 5.97 Å². The summed E-state index contributed by atoms with van der Waals surface area (Å²) in [6.07, 6.45) is 14.0. The van der Waals surface area contributed by atoms with E-state index in [1.54, 1.807) is 30.3 Å². The molecule has 3 aromatic rings. The Bertz CT molecular complexity index is 1180. The number of rotatable bonds is 18. The van der Waals surface area contributed by atoms with Gasteiger partial charge in [0.05, 0.1) is 24.3 Å². The predicted molar refractivity (Wildman–Crippen MR) is 162 cm³/mol. The maximum Gasteiger partial charge on any atom is 0.343 e. The molecule has 0 saturated carbocycles.